The number of hydrogen-bond donors (Lipinski definition) is 0. The molecule has 0 amide bonds. The molecule has 0 N–H and O–H groups in total. The molecule has 0 heterocycles. The Labute approximate surface area is 133 Å². The lowest BCUT2D eigenvalue weighted by Gasteiger charge is -2.25. The monoisotopic (exact) mass is 286 g/mol. The van der Waals surface area contributed by atoms with Gasteiger partial charge < -0.3 is 0 Å². The second kappa shape index (κ2) is 11.1. The maximum Gasteiger partial charge on any atom is 0.00666 e. The van der Waals surface area contributed by atoms with Gasteiger partial charge >= 0.3 is 0 Å². The second-order valence-corrected chi connectivity index (χ2v) is 4.30. The van der Waals surface area contributed by atoms with Gasteiger partial charge in [-0.05, 0) is 28.7 Å². The highest BCUT2D eigenvalue weighted by atomic mass is 14.2. The van der Waals surface area contributed by atoms with Crippen molar-refractivity contribution in [2.45, 2.75) is 61.8 Å². The van der Waals surface area contributed by atoms with Crippen LogP contribution in [-0.4, -0.2) is 0 Å². The molecule has 0 atom stereocenters. The summed E-state index contributed by atoms with van der Waals surface area (Å²) < 4.78 is 0. The van der Waals surface area contributed by atoms with Crippen LogP contribution in [0.5, 0.6) is 0 Å². The first-order valence-corrected chi connectivity index (χ1v) is 7.52. The van der Waals surface area contributed by atoms with Crippen LogP contribution in [-0.2, 0) is 6.42 Å². The van der Waals surface area contributed by atoms with Crippen LogP contribution in [0.3, 0.4) is 0 Å². The third kappa shape index (κ3) is 4.74. The van der Waals surface area contributed by atoms with Crippen LogP contribution in [0.15, 0.2) is 48.5 Å². The molecule has 0 nitrogen and oxygen atoms in total. The summed E-state index contributed by atoms with van der Waals surface area (Å²) in [5.41, 5.74) is 5.97. The Morgan fingerprint density at radius 2 is 1.00 bits per heavy atom. The average molecular weight is 287 g/mol. The summed E-state index contributed by atoms with van der Waals surface area (Å²) in [7, 11) is 0. The van der Waals surface area contributed by atoms with E-state index in [0.717, 1.165) is 6.42 Å². The first-order chi connectivity index (χ1) is 9.36. The molecule has 0 saturated heterocycles. The number of rotatable bonds is 0. The van der Waals surface area contributed by atoms with Gasteiger partial charge in [0.1, 0.15) is 0 Å². The lowest BCUT2D eigenvalue weighted by Crippen LogP contribution is -2.10. The first kappa shape index (κ1) is 21.7. The third-order valence-electron chi connectivity index (χ3n) is 3.42. The Balaban J connectivity index is 0. The number of benzene rings is 2. The topological polar surface area (TPSA) is 0 Å². The molecule has 1 aliphatic rings. The Hall–Kier alpha value is -1.56. The highest BCUT2D eigenvalue weighted by molar-refractivity contribution is 5.48. The molecule has 0 aromatic heterocycles. The van der Waals surface area contributed by atoms with Crippen molar-refractivity contribution in [3.05, 3.63) is 70.8 Å². The molecule has 0 bridgehead atoms. The molecule has 0 radical (unpaired) electrons. The molecule has 0 unspecified atom stereocenters. The molecular formula is C21H34. The van der Waals surface area contributed by atoms with Crippen molar-refractivity contribution in [3.8, 4) is 0 Å². The van der Waals surface area contributed by atoms with E-state index in [1.165, 1.54) is 22.3 Å². The minimum Gasteiger partial charge on any atom is -0.0776 e. The minimum atomic E-state index is 0. The summed E-state index contributed by atoms with van der Waals surface area (Å²) in [6.07, 6.45) is 1.09. The van der Waals surface area contributed by atoms with Crippen LogP contribution >= 0.6 is 0 Å². The van der Waals surface area contributed by atoms with Crippen LogP contribution in [0.2, 0.25) is 0 Å². The molecule has 21 heavy (non-hydrogen) atoms. The van der Waals surface area contributed by atoms with E-state index < -0.39 is 0 Å². The van der Waals surface area contributed by atoms with E-state index in [2.05, 4.69) is 55.5 Å². The number of fused-ring (bicyclic) bond motifs is 2. The van der Waals surface area contributed by atoms with Gasteiger partial charge in [0.25, 0.3) is 0 Å². The van der Waals surface area contributed by atoms with Crippen molar-refractivity contribution in [2.75, 3.05) is 0 Å². The Bertz CT molecular complexity index is 451. The van der Waals surface area contributed by atoms with Gasteiger partial charge in [-0.3, -0.25) is 0 Å². The highest BCUT2D eigenvalue weighted by Gasteiger charge is 2.20. The number of hydrogen-bond acceptors (Lipinski definition) is 0. The lowest BCUT2D eigenvalue weighted by molar-refractivity contribution is 0.845. The van der Waals surface area contributed by atoms with Gasteiger partial charge in [-0.1, -0.05) is 98.0 Å². The third-order valence-corrected chi connectivity index (χ3v) is 3.42. The van der Waals surface area contributed by atoms with Crippen molar-refractivity contribution in [1.29, 1.82) is 0 Å². The van der Waals surface area contributed by atoms with Gasteiger partial charge in [-0.2, -0.15) is 0 Å². The predicted molar refractivity (Wildman–Crippen MR) is 99.4 cm³/mol. The summed E-state index contributed by atoms with van der Waals surface area (Å²) in [6.45, 7) is 10.3. The van der Waals surface area contributed by atoms with E-state index in [1.54, 1.807) is 0 Å². The van der Waals surface area contributed by atoms with Gasteiger partial charge in [-0.25, -0.2) is 0 Å². The lowest BCUT2D eigenvalue weighted by atomic mass is 9.79. The molecule has 2 aromatic rings. The summed E-state index contributed by atoms with van der Waals surface area (Å²) in [4.78, 5) is 0. The zero-order valence-electron chi connectivity index (χ0n) is 12.9. The quantitative estimate of drug-likeness (QED) is 0.486. The smallest absolute Gasteiger partial charge is 0.00666 e. The molecule has 1 aliphatic carbocycles. The molecule has 3 rings (SSSR count). The summed E-state index contributed by atoms with van der Waals surface area (Å²) >= 11 is 0. The Morgan fingerprint density at radius 1 is 0.667 bits per heavy atom. The van der Waals surface area contributed by atoms with Crippen molar-refractivity contribution < 1.29 is 0 Å². The molecule has 0 heteroatoms. The van der Waals surface area contributed by atoms with Gasteiger partial charge in [0.05, 0.1) is 0 Å². The minimum absolute atomic E-state index is 0. The Morgan fingerprint density at radius 3 is 1.38 bits per heavy atom. The van der Waals surface area contributed by atoms with Crippen LogP contribution < -0.4 is 0 Å². The van der Waals surface area contributed by atoms with E-state index >= 15 is 0 Å². The SMILES string of the molecule is C.C.CC.CC.CC1c2ccccc2Cc2ccccc21. The summed E-state index contributed by atoms with van der Waals surface area (Å²) in [6, 6.07) is 17.6. The van der Waals surface area contributed by atoms with E-state index in [4.69, 9.17) is 0 Å². The second-order valence-electron chi connectivity index (χ2n) is 4.30. The highest BCUT2D eigenvalue weighted by Crippen LogP contribution is 2.35. The molecule has 0 fully saturated rings. The summed E-state index contributed by atoms with van der Waals surface area (Å²) in [5, 5.41) is 0. The maximum atomic E-state index is 2.30. The van der Waals surface area contributed by atoms with Crippen molar-refractivity contribution >= 4 is 0 Å². The fraction of sp³-hybridized carbons (Fsp3) is 0.429. The zero-order valence-corrected chi connectivity index (χ0v) is 12.9. The Kier molecular flexibility index (Phi) is 11.5. The van der Waals surface area contributed by atoms with Gasteiger partial charge in [0.15, 0.2) is 0 Å². The first-order valence-electron chi connectivity index (χ1n) is 7.52. The molecule has 0 aliphatic heterocycles. The predicted octanol–water partition coefficient (Wildman–Crippen LogP) is 7.07. The fourth-order valence-electron chi connectivity index (χ4n) is 2.61. The van der Waals surface area contributed by atoms with Gasteiger partial charge in [0.2, 0.25) is 0 Å². The largest absolute Gasteiger partial charge is 0.0776 e. The fourth-order valence-corrected chi connectivity index (χ4v) is 2.61. The van der Waals surface area contributed by atoms with Crippen molar-refractivity contribution in [3.63, 3.8) is 0 Å². The van der Waals surface area contributed by atoms with Crippen LogP contribution in [0, 0.1) is 0 Å². The molecule has 0 saturated carbocycles. The zero-order chi connectivity index (χ0) is 14.3. The van der Waals surface area contributed by atoms with Gasteiger partial charge in [-0.15, -0.1) is 0 Å². The molecule has 2 aromatic carbocycles. The van der Waals surface area contributed by atoms with Crippen LogP contribution in [0.25, 0.3) is 0 Å². The van der Waals surface area contributed by atoms with E-state index in [0.29, 0.717) is 5.92 Å². The standard InChI is InChI=1S/C15H14.2C2H6.2CH4/c1-11-14-8-4-2-6-12(14)10-13-7-3-5-9-15(11)13;2*1-2;;/h2-9,11H,10H2,1H3;2*1-2H3;2*1H4. The van der Waals surface area contributed by atoms with Crippen molar-refractivity contribution in [2.24, 2.45) is 0 Å². The summed E-state index contributed by atoms with van der Waals surface area (Å²) in [5.74, 6) is 0.547. The van der Waals surface area contributed by atoms with Crippen molar-refractivity contribution in [1.82, 2.24) is 0 Å². The molecule has 0 spiro atoms. The normalized spacial score (nSPS) is 10.9. The molecular weight excluding hydrogens is 252 g/mol. The van der Waals surface area contributed by atoms with E-state index in [-0.39, 0.29) is 14.9 Å². The van der Waals surface area contributed by atoms with Crippen LogP contribution in [0.1, 0.15) is 77.6 Å². The van der Waals surface area contributed by atoms with Crippen LogP contribution in [0.4, 0.5) is 0 Å². The molecule has 118 valence electrons. The maximum absolute atomic E-state index is 2.30. The van der Waals surface area contributed by atoms with E-state index in [1.807, 2.05) is 27.7 Å². The van der Waals surface area contributed by atoms with Gasteiger partial charge in [0, 0.05) is 5.92 Å². The average Bonchev–Trinajstić information content (AvgIpc) is 2.52. The van der Waals surface area contributed by atoms with E-state index in [9.17, 15) is 0 Å².